The molecule has 0 radical (unpaired) electrons. The summed E-state index contributed by atoms with van der Waals surface area (Å²) >= 11 is 9.58. The normalized spacial score (nSPS) is 12.8. The van der Waals surface area contributed by atoms with Crippen LogP contribution in [0.1, 0.15) is 44.2 Å². The minimum Gasteiger partial charge on any atom is -0.324 e. The molecule has 0 spiro atoms. The maximum Gasteiger partial charge on any atom is 0.0595 e. The van der Waals surface area contributed by atoms with Crippen molar-refractivity contribution in [3.8, 4) is 0 Å². The van der Waals surface area contributed by atoms with Gasteiger partial charge in [0.1, 0.15) is 0 Å². The summed E-state index contributed by atoms with van der Waals surface area (Å²) < 4.78 is 0.924. The third-order valence-electron chi connectivity index (χ3n) is 2.50. The summed E-state index contributed by atoms with van der Waals surface area (Å²) in [6.07, 6.45) is 4.63. The van der Waals surface area contributed by atoms with Crippen molar-refractivity contribution in [3.63, 3.8) is 0 Å². The van der Waals surface area contributed by atoms with Gasteiger partial charge in [-0.25, -0.2) is 0 Å². The van der Waals surface area contributed by atoms with E-state index in [1.54, 1.807) is 0 Å². The highest BCUT2D eigenvalue weighted by atomic mass is 79.9. The molecule has 0 fully saturated rings. The van der Waals surface area contributed by atoms with Gasteiger partial charge < -0.3 is 5.73 Å². The van der Waals surface area contributed by atoms with E-state index >= 15 is 0 Å². The fourth-order valence-corrected chi connectivity index (χ4v) is 2.22. The summed E-state index contributed by atoms with van der Waals surface area (Å²) in [6.45, 7) is 2.19. The maximum atomic E-state index is 6.17. The van der Waals surface area contributed by atoms with Crippen molar-refractivity contribution in [3.05, 3.63) is 33.3 Å². The second-order valence-electron chi connectivity index (χ2n) is 3.75. The van der Waals surface area contributed by atoms with E-state index in [0.29, 0.717) is 0 Å². The first-order valence-electron chi connectivity index (χ1n) is 5.36. The molecular weight excluding hydrogens is 273 g/mol. The van der Waals surface area contributed by atoms with Crippen LogP contribution in [0.4, 0.5) is 0 Å². The number of benzene rings is 1. The summed E-state index contributed by atoms with van der Waals surface area (Å²) in [4.78, 5) is 0. The molecule has 0 saturated carbocycles. The van der Waals surface area contributed by atoms with Gasteiger partial charge in [0.25, 0.3) is 0 Å². The molecule has 0 saturated heterocycles. The van der Waals surface area contributed by atoms with Gasteiger partial charge in [0.05, 0.1) is 5.02 Å². The van der Waals surface area contributed by atoms with Crippen molar-refractivity contribution in [2.75, 3.05) is 0 Å². The number of halogens is 2. The van der Waals surface area contributed by atoms with Crippen molar-refractivity contribution in [1.29, 1.82) is 0 Å². The van der Waals surface area contributed by atoms with Gasteiger partial charge in [-0.2, -0.15) is 0 Å². The highest BCUT2D eigenvalue weighted by Gasteiger charge is 2.11. The molecule has 1 aromatic carbocycles. The number of unbranched alkanes of at least 4 members (excludes halogenated alkanes) is 2. The van der Waals surface area contributed by atoms with Crippen LogP contribution in [0.15, 0.2) is 22.7 Å². The molecule has 2 N–H and O–H groups in total. The van der Waals surface area contributed by atoms with Gasteiger partial charge in [0.2, 0.25) is 0 Å². The first-order chi connectivity index (χ1) is 7.16. The predicted molar refractivity (Wildman–Crippen MR) is 70.2 cm³/mol. The molecule has 0 amide bonds. The Morgan fingerprint density at radius 3 is 2.80 bits per heavy atom. The monoisotopic (exact) mass is 289 g/mol. The minimum absolute atomic E-state index is 0.0570. The second kappa shape index (κ2) is 6.51. The van der Waals surface area contributed by atoms with Crippen molar-refractivity contribution in [2.24, 2.45) is 5.73 Å². The predicted octanol–water partition coefficient (Wildman–Crippen LogP) is 4.68. The van der Waals surface area contributed by atoms with Crippen LogP contribution in [0, 0.1) is 0 Å². The SMILES string of the molecule is CCCCCC(N)c1cccc(Br)c1Cl. The Bertz CT molecular complexity index is 314. The van der Waals surface area contributed by atoms with E-state index in [4.69, 9.17) is 17.3 Å². The summed E-state index contributed by atoms with van der Waals surface area (Å²) in [5.74, 6) is 0. The number of hydrogen-bond donors (Lipinski definition) is 1. The minimum atomic E-state index is 0.0570. The lowest BCUT2D eigenvalue weighted by molar-refractivity contribution is 0.581. The van der Waals surface area contributed by atoms with Crippen LogP contribution in [-0.4, -0.2) is 0 Å². The van der Waals surface area contributed by atoms with Gasteiger partial charge >= 0.3 is 0 Å². The van der Waals surface area contributed by atoms with E-state index in [0.717, 1.165) is 21.5 Å². The molecule has 84 valence electrons. The lowest BCUT2D eigenvalue weighted by atomic mass is 10.0. The third-order valence-corrected chi connectivity index (χ3v) is 3.81. The summed E-state index contributed by atoms with van der Waals surface area (Å²) in [5.41, 5.74) is 7.14. The molecule has 0 bridgehead atoms. The molecule has 0 aliphatic heterocycles. The van der Waals surface area contributed by atoms with Crippen LogP contribution in [0.5, 0.6) is 0 Å². The third kappa shape index (κ3) is 3.78. The summed E-state index contributed by atoms with van der Waals surface area (Å²) in [5, 5.41) is 0.751. The molecule has 15 heavy (non-hydrogen) atoms. The Labute approximate surface area is 105 Å². The van der Waals surface area contributed by atoms with Crippen molar-refractivity contribution >= 4 is 27.5 Å². The van der Waals surface area contributed by atoms with Crippen molar-refractivity contribution < 1.29 is 0 Å². The lowest BCUT2D eigenvalue weighted by Crippen LogP contribution is -2.10. The van der Waals surface area contributed by atoms with Gasteiger partial charge in [-0.3, -0.25) is 0 Å². The topological polar surface area (TPSA) is 26.0 Å². The average molecular weight is 291 g/mol. The fraction of sp³-hybridized carbons (Fsp3) is 0.500. The standard InChI is InChI=1S/C12H17BrClN/c1-2-3-4-8-11(15)9-6-5-7-10(13)12(9)14/h5-7,11H,2-4,8,15H2,1H3. The van der Waals surface area contributed by atoms with E-state index in [9.17, 15) is 0 Å². The van der Waals surface area contributed by atoms with Gasteiger partial charge in [0, 0.05) is 10.5 Å². The summed E-state index contributed by atoms with van der Waals surface area (Å²) in [7, 11) is 0. The van der Waals surface area contributed by atoms with E-state index < -0.39 is 0 Å². The molecular formula is C12H17BrClN. The molecule has 1 aromatic rings. The van der Waals surface area contributed by atoms with Crippen LogP contribution in [-0.2, 0) is 0 Å². The van der Waals surface area contributed by atoms with Gasteiger partial charge in [-0.05, 0) is 34.0 Å². The molecule has 0 aromatic heterocycles. The largest absolute Gasteiger partial charge is 0.324 e. The average Bonchev–Trinajstić information content (AvgIpc) is 2.22. The molecule has 1 atom stereocenters. The van der Waals surface area contributed by atoms with Gasteiger partial charge in [0.15, 0.2) is 0 Å². The molecule has 1 unspecified atom stereocenters. The van der Waals surface area contributed by atoms with Crippen LogP contribution < -0.4 is 5.73 Å². The van der Waals surface area contributed by atoms with Crippen LogP contribution in [0.25, 0.3) is 0 Å². The van der Waals surface area contributed by atoms with Crippen LogP contribution in [0.2, 0.25) is 5.02 Å². The highest BCUT2D eigenvalue weighted by Crippen LogP contribution is 2.31. The Kier molecular flexibility index (Phi) is 5.65. The zero-order valence-electron chi connectivity index (χ0n) is 8.97. The second-order valence-corrected chi connectivity index (χ2v) is 4.98. The molecule has 0 aliphatic rings. The highest BCUT2D eigenvalue weighted by molar-refractivity contribution is 9.10. The van der Waals surface area contributed by atoms with Gasteiger partial charge in [-0.1, -0.05) is 49.9 Å². The number of hydrogen-bond acceptors (Lipinski definition) is 1. The summed E-state index contributed by atoms with van der Waals surface area (Å²) in [6, 6.07) is 5.97. The van der Waals surface area contributed by atoms with E-state index in [1.165, 1.54) is 19.3 Å². The van der Waals surface area contributed by atoms with E-state index in [1.807, 2.05) is 18.2 Å². The quantitative estimate of drug-likeness (QED) is 0.783. The Hall–Kier alpha value is -0.0500. The van der Waals surface area contributed by atoms with Crippen LogP contribution >= 0.6 is 27.5 Å². The fourth-order valence-electron chi connectivity index (χ4n) is 1.58. The van der Waals surface area contributed by atoms with E-state index in [-0.39, 0.29) is 6.04 Å². The van der Waals surface area contributed by atoms with Crippen molar-refractivity contribution in [1.82, 2.24) is 0 Å². The van der Waals surface area contributed by atoms with E-state index in [2.05, 4.69) is 22.9 Å². The molecule has 1 nitrogen and oxygen atoms in total. The number of nitrogens with two attached hydrogens (primary N) is 1. The number of rotatable bonds is 5. The molecule has 0 heterocycles. The van der Waals surface area contributed by atoms with Crippen molar-refractivity contribution in [2.45, 2.75) is 38.6 Å². The first-order valence-corrected chi connectivity index (χ1v) is 6.53. The zero-order valence-corrected chi connectivity index (χ0v) is 11.3. The Morgan fingerprint density at radius 1 is 1.40 bits per heavy atom. The molecule has 3 heteroatoms. The smallest absolute Gasteiger partial charge is 0.0595 e. The first kappa shape index (κ1) is 13.0. The molecule has 1 rings (SSSR count). The van der Waals surface area contributed by atoms with Crippen LogP contribution in [0.3, 0.4) is 0 Å². The Balaban J connectivity index is 2.65. The zero-order chi connectivity index (χ0) is 11.3. The maximum absolute atomic E-state index is 6.17. The van der Waals surface area contributed by atoms with Gasteiger partial charge in [-0.15, -0.1) is 0 Å². The molecule has 0 aliphatic carbocycles. The Morgan fingerprint density at radius 2 is 2.13 bits per heavy atom. The lowest BCUT2D eigenvalue weighted by Gasteiger charge is -2.14.